The molecule has 6 heteroatoms. The first-order valence-electron chi connectivity index (χ1n) is 6.94. The standard InChI is InChI=1S/C16H20N4O2/c1-11-7-13(12(2)19-11)9-18-20-16(21)10-17-14-5-4-6-15(8-14)22-3/h4-9,17,19H,10H2,1-3H3,(H,20,21)/b18-9+. The summed E-state index contributed by atoms with van der Waals surface area (Å²) in [4.78, 5) is 14.9. The molecule has 116 valence electrons. The summed E-state index contributed by atoms with van der Waals surface area (Å²) >= 11 is 0. The topological polar surface area (TPSA) is 78.5 Å². The molecule has 2 aromatic rings. The van der Waals surface area contributed by atoms with Crippen LogP contribution in [0.15, 0.2) is 35.4 Å². The van der Waals surface area contributed by atoms with Gasteiger partial charge in [0.2, 0.25) is 0 Å². The molecule has 3 N–H and O–H groups in total. The third-order valence-electron chi connectivity index (χ3n) is 3.11. The second kappa shape index (κ2) is 7.31. The maximum absolute atomic E-state index is 11.7. The number of H-pyrrole nitrogens is 1. The van der Waals surface area contributed by atoms with Gasteiger partial charge in [0, 0.05) is 28.7 Å². The zero-order valence-electron chi connectivity index (χ0n) is 12.9. The Bertz CT molecular complexity index is 677. The summed E-state index contributed by atoms with van der Waals surface area (Å²) in [6, 6.07) is 9.36. The van der Waals surface area contributed by atoms with Gasteiger partial charge in [-0.1, -0.05) is 6.07 Å². The van der Waals surface area contributed by atoms with Gasteiger partial charge in [-0.3, -0.25) is 4.79 Å². The quantitative estimate of drug-likeness (QED) is 0.565. The molecule has 0 unspecified atom stereocenters. The van der Waals surface area contributed by atoms with Crippen molar-refractivity contribution in [2.45, 2.75) is 13.8 Å². The number of rotatable bonds is 6. The van der Waals surface area contributed by atoms with Gasteiger partial charge in [0.05, 0.1) is 19.9 Å². The monoisotopic (exact) mass is 300 g/mol. The van der Waals surface area contributed by atoms with Crippen molar-refractivity contribution in [1.82, 2.24) is 10.4 Å². The van der Waals surface area contributed by atoms with Crippen molar-refractivity contribution in [3.63, 3.8) is 0 Å². The lowest BCUT2D eigenvalue weighted by atomic mass is 10.3. The van der Waals surface area contributed by atoms with Gasteiger partial charge in [-0.15, -0.1) is 0 Å². The Hall–Kier alpha value is -2.76. The molecule has 0 bridgehead atoms. The summed E-state index contributed by atoms with van der Waals surface area (Å²) in [5, 5.41) is 6.96. The summed E-state index contributed by atoms with van der Waals surface area (Å²) in [6.07, 6.45) is 1.63. The van der Waals surface area contributed by atoms with Crippen LogP contribution in [0.25, 0.3) is 0 Å². The predicted octanol–water partition coefficient (Wildman–Crippen LogP) is 2.20. The fourth-order valence-corrected chi connectivity index (χ4v) is 2.01. The summed E-state index contributed by atoms with van der Waals surface area (Å²) in [7, 11) is 1.60. The van der Waals surface area contributed by atoms with E-state index in [1.54, 1.807) is 13.3 Å². The normalized spacial score (nSPS) is 10.7. The second-order valence-corrected chi connectivity index (χ2v) is 4.91. The average Bonchev–Trinajstić information content (AvgIpc) is 2.83. The van der Waals surface area contributed by atoms with Gasteiger partial charge in [0.1, 0.15) is 5.75 Å². The van der Waals surface area contributed by atoms with Crippen LogP contribution < -0.4 is 15.5 Å². The minimum atomic E-state index is -0.219. The number of nitrogens with one attached hydrogen (secondary N) is 3. The molecule has 0 aliphatic carbocycles. The number of methoxy groups -OCH3 is 1. The largest absolute Gasteiger partial charge is 0.497 e. The number of amides is 1. The molecular formula is C16H20N4O2. The molecule has 1 aromatic heterocycles. The summed E-state index contributed by atoms with van der Waals surface area (Å²) in [5.41, 5.74) is 6.34. The maximum atomic E-state index is 11.7. The Labute approximate surface area is 129 Å². The van der Waals surface area contributed by atoms with Crippen molar-refractivity contribution < 1.29 is 9.53 Å². The van der Waals surface area contributed by atoms with Gasteiger partial charge >= 0.3 is 0 Å². The number of nitrogens with zero attached hydrogens (tertiary/aromatic N) is 1. The van der Waals surface area contributed by atoms with E-state index in [1.807, 2.05) is 44.2 Å². The highest BCUT2D eigenvalue weighted by molar-refractivity contribution is 5.85. The molecule has 0 aliphatic rings. The van der Waals surface area contributed by atoms with Crippen molar-refractivity contribution in [2.75, 3.05) is 19.0 Å². The zero-order chi connectivity index (χ0) is 15.9. The number of hydrogen-bond acceptors (Lipinski definition) is 4. The molecule has 0 spiro atoms. The fourth-order valence-electron chi connectivity index (χ4n) is 2.01. The molecule has 0 saturated carbocycles. The third kappa shape index (κ3) is 4.37. The number of anilines is 1. The molecule has 6 nitrogen and oxygen atoms in total. The number of hydrogen-bond donors (Lipinski definition) is 3. The number of aryl methyl sites for hydroxylation is 2. The second-order valence-electron chi connectivity index (χ2n) is 4.91. The highest BCUT2D eigenvalue weighted by atomic mass is 16.5. The molecule has 0 fully saturated rings. The summed E-state index contributed by atoms with van der Waals surface area (Å²) in [6.45, 7) is 4.07. The highest BCUT2D eigenvalue weighted by Gasteiger charge is 2.01. The van der Waals surface area contributed by atoms with Gasteiger partial charge in [-0.2, -0.15) is 5.10 Å². The first kappa shape index (κ1) is 15.6. The molecular weight excluding hydrogens is 280 g/mol. The van der Waals surface area contributed by atoms with Crippen LogP contribution in [0.2, 0.25) is 0 Å². The maximum Gasteiger partial charge on any atom is 0.259 e. The summed E-state index contributed by atoms with van der Waals surface area (Å²) < 4.78 is 5.12. The Morgan fingerprint density at radius 3 is 2.86 bits per heavy atom. The van der Waals surface area contributed by atoms with Gasteiger partial charge in [-0.05, 0) is 32.0 Å². The molecule has 22 heavy (non-hydrogen) atoms. The van der Waals surface area contributed by atoms with Crippen LogP contribution in [0.5, 0.6) is 5.75 Å². The Balaban J connectivity index is 1.81. The molecule has 1 amide bonds. The number of benzene rings is 1. The lowest BCUT2D eigenvalue weighted by Crippen LogP contribution is -2.25. The Morgan fingerprint density at radius 1 is 1.36 bits per heavy atom. The van der Waals surface area contributed by atoms with Crippen molar-refractivity contribution in [1.29, 1.82) is 0 Å². The predicted molar refractivity (Wildman–Crippen MR) is 87.5 cm³/mol. The van der Waals surface area contributed by atoms with E-state index in [9.17, 15) is 4.79 Å². The minimum Gasteiger partial charge on any atom is -0.497 e. The smallest absolute Gasteiger partial charge is 0.259 e. The van der Waals surface area contributed by atoms with E-state index in [4.69, 9.17) is 4.74 Å². The molecule has 0 aliphatic heterocycles. The van der Waals surface area contributed by atoms with E-state index in [0.717, 1.165) is 28.4 Å². The minimum absolute atomic E-state index is 0.135. The van der Waals surface area contributed by atoms with Crippen LogP contribution in [0.1, 0.15) is 17.0 Å². The summed E-state index contributed by atoms with van der Waals surface area (Å²) in [5.74, 6) is 0.519. The van der Waals surface area contributed by atoms with Crippen LogP contribution in [0.3, 0.4) is 0 Å². The SMILES string of the molecule is COc1cccc(NCC(=O)N/N=C/c2cc(C)[nH]c2C)c1. The molecule has 1 aromatic carbocycles. The van der Waals surface area contributed by atoms with E-state index in [1.165, 1.54) is 0 Å². The Kier molecular flexibility index (Phi) is 5.19. The van der Waals surface area contributed by atoms with Crippen LogP contribution in [0.4, 0.5) is 5.69 Å². The average molecular weight is 300 g/mol. The molecule has 0 saturated heterocycles. The number of hydrazone groups is 1. The number of aromatic amines is 1. The van der Waals surface area contributed by atoms with Crippen molar-refractivity contribution >= 4 is 17.8 Å². The fraction of sp³-hybridized carbons (Fsp3) is 0.250. The van der Waals surface area contributed by atoms with E-state index >= 15 is 0 Å². The van der Waals surface area contributed by atoms with Gasteiger partial charge in [0.25, 0.3) is 5.91 Å². The molecule has 1 heterocycles. The van der Waals surface area contributed by atoms with Crippen molar-refractivity contribution in [3.05, 3.63) is 47.3 Å². The van der Waals surface area contributed by atoms with Crippen LogP contribution in [-0.4, -0.2) is 30.8 Å². The lowest BCUT2D eigenvalue weighted by molar-refractivity contribution is -0.119. The van der Waals surface area contributed by atoms with Gasteiger partial charge in [-0.25, -0.2) is 5.43 Å². The highest BCUT2D eigenvalue weighted by Crippen LogP contribution is 2.16. The number of aromatic nitrogens is 1. The number of carbonyl (C=O) groups excluding carboxylic acids is 1. The van der Waals surface area contributed by atoms with Crippen molar-refractivity contribution in [2.24, 2.45) is 5.10 Å². The van der Waals surface area contributed by atoms with Gasteiger partial charge < -0.3 is 15.0 Å². The first-order chi connectivity index (χ1) is 10.6. The van der Waals surface area contributed by atoms with E-state index in [-0.39, 0.29) is 12.5 Å². The zero-order valence-corrected chi connectivity index (χ0v) is 12.9. The lowest BCUT2D eigenvalue weighted by Gasteiger charge is -2.06. The number of ether oxygens (including phenoxy) is 1. The number of carbonyl (C=O) groups is 1. The van der Waals surface area contributed by atoms with Crippen LogP contribution in [0, 0.1) is 13.8 Å². The van der Waals surface area contributed by atoms with E-state index < -0.39 is 0 Å². The Morgan fingerprint density at radius 2 is 2.18 bits per heavy atom. The van der Waals surface area contributed by atoms with E-state index in [0.29, 0.717) is 0 Å². The third-order valence-corrected chi connectivity index (χ3v) is 3.11. The van der Waals surface area contributed by atoms with E-state index in [2.05, 4.69) is 20.8 Å². The molecule has 0 atom stereocenters. The van der Waals surface area contributed by atoms with Crippen LogP contribution in [-0.2, 0) is 4.79 Å². The van der Waals surface area contributed by atoms with Crippen molar-refractivity contribution in [3.8, 4) is 5.75 Å². The molecule has 2 rings (SSSR count). The van der Waals surface area contributed by atoms with Crippen LogP contribution >= 0.6 is 0 Å². The van der Waals surface area contributed by atoms with Gasteiger partial charge in [0.15, 0.2) is 0 Å². The first-order valence-corrected chi connectivity index (χ1v) is 6.94. The molecule has 0 radical (unpaired) electrons.